The molecular formula is C17H26O8. The molecule has 0 spiro atoms. The standard InChI is InChI=1S/C17H26O8/c1-11(2)24-14(18)6-8-22-16(20)10-13(5)17(21)23-9-7-15(19)25-12(3)4/h10-12H,6-9H2,1-5H3/b13-10-. The van der Waals surface area contributed by atoms with Crippen LogP contribution in [0.2, 0.25) is 0 Å². The highest BCUT2D eigenvalue weighted by atomic mass is 16.6. The summed E-state index contributed by atoms with van der Waals surface area (Å²) in [5, 5.41) is 0. The van der Waals surface area contributed by atoms with Crippen molar-refractivity contribution in [3.63, 3.8) is 0 Å². The van der Waals surface area contributed by atoms with Crippen LogP contribution in [0.3, 0.4) is 0 Å². The zero-order valence-electron chi connectivity index (χ0n) is 15.3. The van der Waals surface area contributed by atoms with Crippen molar-refractivity contribution in [2.75, 3.05) is 13.2 Å². The first-order chi connectivity index (χ1) is 11.6. The summed E-state index contributed by atoms with van der Waals surface area (Å²) in [6.07, 6.45) is 0.344. The molecule has 0 rings (SSSR count). The van der Waals surface area contributed by atoms with E-state index >= 15 is 0 Å². The molecule has 0 aromatic carbocycles. The fourth-order valence-electron chi connectivity index (χ4n) is 1.50. The van der Waals surface area contributed by atoms with Crippen LogP contribution in [0.15, 0.2) is 11.6 Å². The van der Waals surface area contributed by atoms with Crippen LogP contribution in [0.25, 0.3) is 0 Å². The van der Waals surface area contributed by atoms with E-state index in [9.17, 15) is 19.2 Å². The maximum Gasteiger partial charge on any atom is 0.333 e. The third-order valence-electron chi connectivity index (χ3n) is 2.48. The zero-order valence-corrected chi connectivity index (χ0v) is 15.3. The van der Waals surface area contributed by atoms with E-state index in [1.54, 1.807) is 27.7 Å². The van der Waals surface area contributed by atoms with E-state index in [-0.39, 0.29) is 43.8 Å². The van der Waals surface area contributed by atoms with Crippen LogP contribution in [0.1, 0.15) is 47.5 Å². The molecule has 0 fully saturated rings. The molecule has 0 aliphatic heterocycles. The fraction of sp³-hybridized carbons (Fsp3) is 0.647. The molecule has 0 saturated carbocycles. The van der Waals surface area contributed by atoms with Gasteiger partial charge in [-0.25, -0.2) is 9.59 Å². The van der Waals surface area contributed by atoms with E-state index in [2.05, 4.69) is 0 Å². The fourth-order valence-corrected chi connectivity index (χ4v) is 1.50. The maximum absolute atomic E-state index is 11.7. The van der Waals surface area contributed by atoms with E-state index in [1.807, 2.05) is 0 Å². The molecule has 0 amide bonds. The zero-order chi connectivity index (χ0) is 19.4. The van der Waals surface area contributed by atoms with Crippen LogP contribution < -0.4 is 0 Å². The predicted octanol–water partition coefficient (Wildman–Crippen LogP) is 1.70. The molecule has 0 heterocycles. The molecule has 0 aromatic heterocycles. The van der Waals surface area contributed by atoms with Crippen molar-refractivity contribution in [2.45, 2.75) is 59.7 Å². The van der Waals surface area contributed by atoms with Crippen LogP contribution in [0.5, 0.6) is 0 Å². The first-order valence-corrected chi connectivity index (χ1v) is 8.03. The van der Waals surface area contributed by atoms with Gasteiger partial charge in [0.05, 0.1) is 25.0 Å². The Bertz CT molecular complexity index is 505. The minimum Gasteiger partial charge on any atom is -0.463 e. The van der Waals surface area contributed by atoms with Gasteiger partial charge < -0.3 is 18.9 Å². The van der Waals surface area contributed by atoms with E-state index in [1.165, 1.54) is 6.92 Å². The first-order valence-electron chi connectivity index (χ1n) is 8.03. The van der Waals surface area contributed by atoms with Crippen molar-refractivity contribution >= 4 is 23.9 Å². The second-order valence-electron chi connectivity index (χ2n) is 5.71. The Kier molecular flexibility index (Phi) is 10.9. The molecule has 8 nitrogen and oxygen atoms in total. The molecule has 142 valence electrons. The van der Waals surface area contributed by atoms with Gasteiger partial charge in [-0.15, -0.1) is 0 Å². The summed E-state index contributed by atoms with van der Waals surface area (Å²) in [6, 6.07) is 0. The predicted molar refractivity (Wildman–Crippen MR) is 87.4 cm³/mol. The largest absolute Gasteiger partial charge is 0.463 e. The normalized spacial score (nSPS) is 11.2. The van der Waals surface area contributed by atoms with E-state index in [0.717, 1.165) is 6.08 Å². The van der Waals surface area contributed by atoms with Crippen molar-refractivity contribution in [1.29, 1.82) is 0 Å². The number of ether oxygens (including phenoxy) is 4. The topological polar surface area (TPSA) is 105 Å². The first kappa shape index (κ1) is 22.6. The molecule has 0 aromatic rings. The van der Waals surface area contributed by atoms with Crippen molar-refractivity contribution in [3.05, 3.63) is 11.6 Å². The SMILES string of the molecule is C/C(=C/C(=O)OCCC(=O)OC(C)C)C(=O)OCCC(=O)OC(C)C. The average Bonchev–Trinajstić information content (AvgIpc) is 2.45. The average molecular weight is 358 g/mol. The van der Waals surface area contributed by atoms with Gasteiger partial charge in [0.15, 0.2) is 0 Å². The monoisotopic (exact) mass is 358 g/mol. The molecule has 0 aliphatic rings. The number of rotatable bonds is 10. The molecule has 0 bridgehead atoms. The van der Waals surface area contributed by atoms with Crippen molar-refractivity contribution < 1.29 is 38.1 Å². The summed E-state index contributed by atoms with van der Waals surface area (Å²) >= 11 is 0. The Hall–Kier alpha value is -2.38. The third-order valence-corrected chi connectivity index (χ3v) is 2.48. The molecule has 8 heteroatoms. The molecule has 0 saturated heterocycles. The Morgan fingerprint density at radius 2 is 1.24 bits per heavy atom. The minimum atomic E-state index is -0.772. The molecule has 0 radical (unpaired) electrons. The number of hydrogen-bond acceptors (Lipinski definition) is 8. The summed E-state index contributed by atoms with van der Waals surface area (Å²) in [6.45, 7) is 7.93. The van der Waals surface area contributed by atoms with Gasteiger partial charge in [-0.05, 0) is 34.6 Å². The van der Waals surface area contributed by atoms with Crippen LogP contribution >= 0.6 is 0 Å². The lowest BCUT2D eigenvalue weighted by molar-refractivity contribution is -0.152. The van der Waals surface area contributed by atoms with Gasteiger partial charge in [-0.1, -0.05) is 0 Å². The van der Waals surface area contributed by atoms with Gasteiger partial charge in [-0.3, -0.25) is 9.59 Å². The second-order valence-corrected chi connectivity index (χ2v) is 5.71. The third kappa shape index (κ3) is 12.7. The molecule has 0 N–H and O–H groups in total. The van der Waals surface area contributed by atoms with E-state index < -0.39 is 23.9 Å². The highest BCUT2D eigenvalue weighted by Crippen LogP contribution is 2.01. The van der Waals surface area contributed by atoms with Gasteiger partial charge >= 0.3 is 23.9 Å². The number of carbonyl (C=O) groups excluding carboxylic acids is 4. The minimum absolute atomic E-state index is 0.0204. The summed E-state index contributed by atoms with van der Waals surface area (Å²) in [5.41, 5.74) is 0.0204. The van der Waals surface area contributed by atoms with Gasteiger partial charge in [0, 0.05) is 11.6 Å². The lowest BCUT2D eigenvalue weighted by atomic mass is 10.3. The highest BCUT2D eigenvalue weighted by Gasteiger charge is 2.12. The highest BCUT2D eigenvalue weighted by molar-refractivity contribution is 5.95. The Morgan fingerprint density at radius 3 is 1.68 bits per heavy atom. The van der Waals surface area contributed by atoms with Crippen LogP contribution in [0.4, 0.5) is 0 Å². The Balaban J connectivity index is 4.11. The molecule has 0 atom stereocenters. The number of hydrogen-bond donors (Lipinski definition) is 0. The molecule has 25 heavy (non-hydrogen) atoms. The van der Waals surface area contributed by atoms with Crippen LogP contribution in [0, 0.1) is 0 Å². The smallest absolute Gasteiger partial charge is 0.333 e. The van der Waals surface area contributed by atoms with Crippen molar-refractivity contribution in [3.8, 4) is 0 Å². The maximum atomic E-state index is 11.7. The quantitative estimate of drug-likeness (QED) is 0.330. The molecular weight excluding hydrogens is 332 g/mol. The lowest BCUT2D eigenvalue weighted by Gasteiger charge is -2.08. The van der Waals surface area contributed by atoms with Gasteiger partial charge in [0.1, 0.15) is 13.2 Å². The second kappa shape index (κ2) is 12.0. The Labute approximate surface area is 147 Å². The van der Waals surface area contributed by atoms with Crippen LogP contribution in [-0.4, -0.2) is 49.3 Å². The van der Waals surface area contributed by atoms with E-state index in [0.29, 0.717) is 0 Å². The molecule has 0 unspecified atom stereocenters. The number of carbonyl (C=O) groups is 4. The summed E-state index contributed by atoms with van der Waals surface area (Å²) in [7, 11) is 0. The number of esters is 4. The van der Waals surface area contributed by atoms with Gasteiger partial charge in [0.2, 0.25) is 0 Å². The lowest BCUT2D eigenvalue weighted by Crippen LogP contribution is -2.16. The van der Waals surface area contributed by atoms with Gasteiger partial charge in [0.25, 0.3) is 0 Å². The summed E-state index contributed by atoms with van der Waals surface area (Å²) in [4.78, 5) is 45.7. The Morgan fingerprint density at radius 1 is 0.800 bits per heavy atom. The van der Waals surface area contributed by atoms with Crippen molar-refractivity contribution in [1.82, 2.24) is 0 Å². The molecule has 0 aliphatic carbocycles. The van der Waals surface area contributed by atoms with Crippen LogP contribution in [-0.2, 0) is 38.1 Å². The van der Waals surface area contributed by atoms with Crippen molar-refractivity contribution in [2.24, 2.45) is 0 Å². The van der Waals surface area contributed by atoms with E-state index in [4.69, 9.17) is 18.9 Å². The van der Waals surface area contributed by atoms with Gasteiger partial charge in [-0.2, -0.15) is 0 Å². The summed E-state index contributed by atoms with van der Waals surface area (Å²) < 4.78 is 19.4. The summed E-state index contributed by atoms with van der Waals surface area (Å²) in [5.74, 6) is -2.46.